The topological polar surface area (TPSA) is 0 Å². The van der Waals surface area contributed by atoms with Crippen LogP contribution in [0.1, 0.15) is 38.3 Å². The first-order chi connectivity index (χ1) is 8.71. The summed E-state index contributed by atoms with van der Waals surface area (Å²) in [6.45, 7) is 6.99. The average Bonchev–Trinajstić information content (AvgIpc) is 2.70. The molecule has 0 amide bonds. The molecule has 1 aliphatic carbocycles. The van der Waals surface area contributed by atoms with Crippen molar-refractivity contribution >= 4 is 0 Å². The van der Waals surface area contributed by atoms with Crippen molar-refractivity contribution in [2.75, 3.05) is 0 Å². The first kappa shape index (κ1) is 15.1. The first-order valence-corrected chi connectivity index (χ1v) is 6.82. The van der Waals surface area contributed by atoms with Crippen LogP contribution in [-0.4, -0.2) is 0 Å². The molecule has 1 radical (unpaired) electrons. The minimum Gasteiger partial charge on any atom is -0.183 e. The van der Waals surface area contributed by atoms with E-state index < -0.39 is 0 Å². The van der Waals surface area contributed by atoms with Gasteiger partial charge in [-0.05, 0) is 17.9 Å². The predicted molar refractivity (Wildman–Crippen MR) is 76.6 cm³/mol. The van der Waals surface area contributed by atoms with Gasteiger partial charge in [0.25, 0.3) is 0 Å². The smallest absolute Gasteiger partial charge is 0.000301 e. The number of hydrogen-bond donors (Lipinski definition) is 0. The Hall–Kier alpha value is -0.300. The molecular formula is C18H19Ho-. The van der Waals surface area contributed by atoms with Crippen LogP contribution in [0, 0.1) is 49.7 Å². The predicted octanol–water partition coefficient (Wildman–Crippen LogP) is 4.82. The van der Waals surface area contributed by atoms with Gasteiger partial charge in [-0.15, -0.1) is 11.1 Å². The van der Waals surface area contributed by atoms with Crippen molar-refractivity contribution in [1.29, 1.82) is 0 Å². The quantitative estimate of drug-likeness (QED) is 0.501. The van der Waals surface area contributed by atoms with Gasteiger partial charge in [0, 0.05) is 43.2 Å². The molecule has 0 N–H and O–H groups in total. The number of benzene rings is 2. The fraction of sp³-hybridized carbons (Fsp3) is 0.333. The molecule has 0 aromatic heterocycles. The average molecular weight is 400 g/mol. The van der Waals surface area contributed by atoms with E-state index in [1.807, 2.05) is 0 Å². The molecule has 0 spiro atoms. The van der Waals surface area contributed by atoms with Crippen molar-refractivity contribution in [3.8, 4) is 11.1 Å². The molecule has 0 saturated heterocycles. The molecule has 0 saturated carbocycles. The van der Waals surface area contributed by atoms with E-state index >= 15 is 0 Å². The van der Waals surface area contributed by atoms with E-state index in [4.69, 9.17) is 0 Å². The summed E-state index contributed by atoms with van der Waals surface area (Å²) in [5.41, 5.74) is 5.95. The van der Waals surface area contributed by atoms with Crippen molar-refractivity contribution in [1.82, 2.24) is 0 Å². The zero-order chi connectivity index (χ0) is 12.8. The van der Waals surface area contributed by atoms with Crippen molar-refractivity contribution in [3.63, 3.8) is 0 Å². The van der Waals surface area contributed by atoms with E-state index in [2.05, 4.69) is 69.3 Å². The molecule has 0 bridgehead atoms. The van der Waals surface area contributed by atoms with Crippen LogP contribution in [0.2, 0.25) is 0 Å². The summed E-state index contributed by atoms with van der Waals surface area (Å²) >= 11 is 0. The van der Waals surface area contributed by atoms with Crippen LogP contribution in [-0.2, 0) is 5.41 Å². The van der Waals surface area contributed by atoms with Gasteiger partial charge in [0.15, 0.2) is 0 Å². The maximum Gasteiger partial charge on any atom is 0.000301 e. The van der Waals surface area contributed by atoms with Crippen LogP contribution >= 0.6 is 0 Å². The Morgan fingerprint density at radius 2 is 1.74 bits per heavy atom. The summed E-state index contributed by atoms with van der Waals surface area (Å²) in [4.78, 5) is 0. The van der Waals surface area contributed by atoms with Crippen LogP contribution in [0.4, 0.5) is 0 Å². The fourth-order valence-corrected chi connectivity index (χ4v) is 3.71. The zero-order valence-electron chi connectivity index (χ0n) is 11.6. The van der Waals surface area contributed by atoms with E-state index in [0.717, 1.165) is 6.42 Å². The zero-order valence-corrected chi connectivity index (χ0v) is 13.6. The summed E-state index contributed by atoms with van der Waals surface area (Å²) in [5.74, 6) is 0.604. The summed E-state index contributed by atoms with van der Waals surface area (Å²) in [5, 5.41) is 0. The van der Waals surface area contributed by atoms with Gasteiger partial charge in [0.1, 0.15) is 0 Å². The summed E-state index contributed by atoms with van der Waals surface area (Å²) < 4.78 is 0. The van der Waals surface area contributed by atoms with Crippen LogP contribution < -0.4 is 0 Å². The molecule has 1 unspecified atom stereocenters. The summed E-state index contributed by atoms with van der Waals surface area (Å²) in [6.07, 6.45) is 1.15. The van der Waals surface area contributed by atoms with Gasteiger partial charge in [-0.2, -0.15) is 24.3 Å². The normalized spacial score (nSPS) is 19.8. The Morgan fingerprint density at radius 3 is 2.42 bits per heavy atom. The van der Waals surface area contributed by atoms with Gasteiger partial charge in [0.2, 0.25) is 0 Å². The molecule has 0 fully saturated rings. The third-order valence-electron chi connectivity index (χ3n) is 4.59. The van der Waals surface area contributed by atoms with E-state index in [1.165, 1.54) is 22.3 Å². The van der Waals surface area contributed by atoms with Crippen molar-refractivity contribution in [2.45, 2.75) is 32.6 Å². The van der Waals surface area contributed by atoms with Crippen LogP contribution in [0.15, 0.2) is 42.5 Å². The monoisotopic (exact) mass is 400 g/mol. The molecule has 2 aromatic rings. The Labute approximate surface area is 146 Å². The molecule has 1 heteroatoms. The minimum atomic E-state index is 0. The largest absolute Gasteiger partial charge is 0.183 e. The molecular weight excluding hydrogens is 381 g/mol. The minimum absolute atomic E-state index is 0. The molecule has 1 aliphatic rings. The van der Waals surface area contributed by atoms with Gasteiger partial charge in [-0.1, -0.05) is 50.6 Å². The van der Waals surface area contributed by atoms with Gasteiger partial charge in [-0.25, -0.2) is 0 Å². The third-order valence-corrected chi connectivity index (χ3v) is 4.59. The number of rotatable bonds is 2. The van der Waals surface area contributed by atoms with Crippen LogP contribution in [0.25, 0.3) is 11.1 Å². The van der Waals surface area contributed by atoms with E-state index in [1.54, 1.807) is 0 Å². The number of hydrogen-bond acceptors (Lipinski definition) is 0. The van der Waals surface area contributed by atoms with Gasteiger partial charge in [0.05, 0.1) is 0 Å². The second-order valence-corrected chi connectivity index (χ2v) is 5.50. The van der Waals surface area contributed by atoms with Gasteiger partial charge < -0.3 is 0 Å². The molecule has 103 valence electrons. The van der Waals surface area contributed by atoms with Crippen molar-refractivity contribution < 1.29 is 37.7 Å². The van der Waals surface area contributed by atoms with E-state index in [9.17, 15) is 0 Å². The Kier molecular flexibility index (Phi) is 4.45. The second kappa shape index (κ2) is 5.60. The number of fused-ring (bicyclic) bond motifs is 3. The van der Waals surface area contributed by atoms with Gasteiger partial charge >= 0.3 is 0 Å². The molecule has 2 aromatic carbocycles. The SMILES string of the molecule is CCC1(C(C)C)c2cc[c-]cc2-c2ccccc21.[Ho]. The Balaban J connectivity index is 0.00000133. The maximum absolute atomic E-state index is 3.23. The molecule has 0 nitrogen and oxygen atoms in total. The Bertz CT molecular complexity index is 538. The van der Waals surface area contributed by atoms with Crippen molar-refractivity contribution in [2.24, 2.45) is 5.92 Å². The Morgan fingerprint density at radius 1 is 1.05 bits per heavy atom. The summed E-state index contributed by atoms with van der Waals surface area (Å²) in [7, 11) is 0. The third kappa shape index (κ3) is 2.00. The van der Waals surface area contributed by atoms with Crippen LogP contribution in [0.5, 0.6) is 0 Å². The maximum atomic E-state index is 3.23. The van der Waals surface area contributed by atoms with Crippen LogP contribution in [0.3, 0.4) is 0 Å². The molecule has 19 heavy (non-hydrogen) atoms. The molecule has 0 heterocycles. The van der Waals surface area contributed by atoms with Crippen molar-refractivity contribution in [3.05, 3.63) is 59.7 Å². The molecule has 0 aliphatic heterocycles. The van der Waals surface area contributed by atoms with Gasteiger partial charge in [-0.3, -0.25) is 0 Å². The first-order valence-electron chi connectivity index (χ1n) is 6.82. The standard InChI is InChI=1S/C18H19.Ho/c1-4-18(13(2)3)16-11-7-5-9-14(16)15-10-6-8-12-17(15)18;/h5,7-13H,4H2,1-3H3;/q-1;. The molecule has 3 rings (SSSR count). The van der Waals surface area contributed by atoms with E-state index in [-0.39, 0.29) is 43.2 Å². The van der Waals surface area contributed by atoms with E-state index in [0.29, 0.717) is 5.92 Å². The fourth-order valence-electron chi connectivity index (χ4n) is 3.71. The molecule has 1 atom stereocenters. The second-order valence-electron chi connectivity index (χ2n) is 5.50. The summed E-state index contributed by atoms with van der Waals surface area (Å²) in [6, 6.07) is 18.6.